The molecule has 0 aliphatic carbocycles. The maximum absolute atomic E-state index is 12.5. The van der Waals surface area contributed by atoms with Gasteiger partial charge in [0.2, 0.25) is 0 Å². The van der Waals surface area contributed by atoms with E-state index in [0.717, 1.165) is 18.7 Å². The maximum atomic E-state index is 12.5. The summed E-state index contributed by atoms with van der Waals surface area (Å²) < 4.78 is 6.31. The summed E-state index contributed by atoms with van der Waals surface area (Å²) >= 11 is 4.01. The van der Waals surface area contributed by atoms with E-state index < -0.39 is 0 Å². The first-order valence-electron chi connectivity index (χ1n) is 9.54. The molecule has 2 fully saturated rings. The molecule has 4 nitrogen and oxygen atoms in total. The van der Waals surface area contributed by atoms with E-state index >= 15 is 0 Å². The SMILES string of the molecule is CC1CN(C(C)CNC(=O)c2ccc(C3SCCCS3)cc2)CC(C)O1. The third-order valence-electron chi connectivity index (χ3n) is 4.90. The van der Waals surface area contributed by atoms with Crippen LogP contribution in [0.3, 0.4) is 0 Å². The van der Waals surface area contributed by atoms with Crippen LogP contribution in [-0.2, 0) is 4.74 Å². The van der Waals surface area contributed by atoms with Crippen molar-refractivity contribution in [3.05, 3.63) is 35.4 Å². The Bertz CT molecular complexity index is 580. The molecule has 2 saturated heterocycles. The second-order valence-corrected chi connectivity index (χ2v) is 10.0. The smallest absolute Gasteiger partial charge is 0.251 e. The quantitative estimate of drug-likeness (QED) is 0.823. The van der Waals surface area contributed by atoms with Crippen LogP contribution in [0.4, 0.5) is 0 Å². The van der Waals surface area contributed by atoms with Crippen molar-refractivity contribution in [3.8, 4) is 0 Å². The highest BCUT2D eigenvalue weighted by molar-refractivity contribution is 8.16. The Morgan fingerprint density at radius 1 is 1.19 bits per heavy atom. The predicted molar refractivity (Wildman–Crippen MR) is 112 cm³/mol. The van der Waals surface area contributed by atoms with Crippen LogP contribution in [0.2, 0.25) is 0 Å². The molecule has 0 aromatic heterocycles. The molecule has 2 heterocycles. The van der Waals surface area contributed by atoms with E-state index in [-0.39, 0.29) is 18.1 Å². The van der Waals surface area contributed by atoms with Gasteiger partial charge < -0.3 is 10.1 Å². The van der Waals surface area contributed by atoms with E-state index in [1.54, 1.807) is 0 Å². The third-order valence-corrected chi connectivity index (χ3v) is 7.92. The van der Waals surface area contributed by atoms with E-state index in [2.05, 4.69) is 43.1 Å². The first-order valence-corrected chi connectivity index (χ1v) is 11.6. The van der Waals surface area contributed by atoms with Crippen molar-refractivity contribution in [2.75, 3.05) is 31.1 Å². The predicted octanol–water partition coefficient (Wildman–Crippen LogP) is 3.78. The van der Waals surface area contributed by atoms with E-state index in [1.807, 2.05) is 35.7 Å². The summed E-state index contributed by atoms with van der Waals surface area (Å²) in [5.74, 6) is 2.48. The van der Waals surface area contributed by atoms with Crippen LogP contribution in [0, 0.1) is 0 Å². The Morgan fingerprint density at radius 2 is 1.81 bits per heavy atom. The summed E-state index contributed by atoms with van der Waals surface area (Å²) in [6.07, 6.45) is 1.80. The first kappa shape index (κ1) is 20.1. The van der Waals surface area contributed by atoms with Gasteiger partial charge in [-0.05, 0) is 56.4 Å². The van der Waals surface area contributed by atoms with Crippen molar-refractivity contribution in [2.24, 2.45) is 0 Å². The number of carbonyl (C=O) groups excluding carboxylic acids is 1. The van der Waals surface area contributed by atoms with E-state index in [0.29, 0.717) is 17.2 Å². The molecule has 0 bridgehead atoms. The molecule has 144 valence electrons. The largest absolute Gasteiger partial charge is 0.373 e. The number of nitrogens with zero attached hydrogens (tertiary/aromatic N) is 1. The number of thioether (sulfide) groups is 2. The minimum Gasteiger partial charge on any atom is -0.373 e. The Hall–Kier alpha value is -0.690. The molecule has 6 heteroatoms. The molecule has 1 amide bonds. The van der Waals surface area contributed by atoms with E-state index in [1.165, 1.54) is 23.5 Å². The fourth-order valence-corrected chi connectivity index (χ4v) is 6.42. The van der Waals surface area contributed by atoms with Gasteiger partial charge in [-0.1, -0.05) is 12.1 Å². The van der Waals surface area contributed by atoms with Gasteiger partial charge in [-0.15, -0.1) is 23.5 Å². The molecule has 3 unspecified atom stereocenters. The number of ether oxygens (including phenoxy) is 1. The highest BCUT2D eigenvalue weighted by atomic mass is 32.2. The molecule has 0 saturated carbocycles. The summed E-state index contributed by atoms with van der Waals surface area (Å²) in [4.78, 5) is 14.9. The van der Waals surface area contributed by atoms with Gasteiger partial charge in [-0.3, -0.25) is 9.69 Å². The van der Waals surface area contributed by atoms with Gasteiger partial charge in [0.25, 0.3) is 5.91 Å². The zero-order chi connectivity index (χ0) is 18.5. The fraction of sp³-hybridized carbons (Fsp3) is 0.650. The Kier molecular flexibility index (Phi) is 7.32. The number of benzene rings is 1. The highest BCUT2D eigenvalue weighted by Gasteiger charge is 2.26. The lowest BCUT2D eigenvalue weighted by Gasteiger charge is -2.39. The molecular formula is C20H30N2O2S2. The Balaban J connectivity index is 1.49. The minimum absolute atomic E-state index is 0.0155. The summed E-state index contributed by atoms with van der Waals surface area (Å²) in [6, 6.07) is 8.45. The normalized spacial score (nSPS) is 26.4. The Labute approximate surface area is 165 Å². The summed E-state index contributed by atoms with van der Waals surface area (Å²) in [5, 5.41) is 3.09. The maximum Gasteiger partial charge on any atom is 0.251 e. The second-order valence-electron chi connectivity index (χ2n) is 7.32. The zero-order valence-electron chi connectivity index (χ0n) is 15.9. The van der Waals surface area contributed by atoms with Crippen molar-refractivity contribution in [2.45, 2.75) is 50.0 Å². The van der Waals surface area contributed by atoms with Gasteiger partial charge in [0.15, 0.2) is 0 Å². The van der Waals surface area contributed by atoms with Crippen LogP contribution in [0.1, 0.15) is 47.7 Å². The highest BCUT2D eigenvalue weighted by Crippen LogP contribution is 2.43. The lowest BCUT2D eigenvalue weighted by atomic mass is 10.1. The number of hydrogen-bond acceptors (Lipinski definition) is 5. The average molecular weight is 395 g/mol. The van der Waals surface area contributed by atoms with Gasteiger partial charge in [0.1, 0.15) is 0 Å². The zero-order valence-corrected chi connectivity index (χ0v) is 17.6. The van der Waals surface area contributed by atoms with Gasteiger partial charge >= 0.3 is 0 Å². The molecule has 0 spiro atoms. The topological polar surface area (TPSA) is 41.6 Å². The van der Waals surface area contributed by atoms with E-state index in [4.69, 9.17) is 4.74 Å². The van der Waals surface area contributed by atoms with Crippen molar-refractivity contribution >= 4 is 29.4 Å². The third kappa shape index (κ3) is 5.41. The molecule has 3 rings (SSSR count). The molecule has 2 aliphatic rings. The average Bonchev–Trinajstić information content (AvgIpc) is 2.66. The van der Waals surface area contributed by atoms with Gasteiger partial charge in [0, 0.05) is 31.2 Å². The molecule has 0 radical (unpaired) electrons. The summed E-state index contributed by atoms with van der Waals surface area (Å²) in [5.41, 5.74) is 2.07. The van der Waals surface area contributed by atoms with Crippen LogP contribution in [-0.4, -0.2) is 60.2 Å². The van der Waals surface area contributed by atoms with Crippen molar-refractivity contribution in [1.29, 1.82) is 0 Å². The molecule has 26 heavy (non-hydrogen) atoms. The minimum atomic E-state index is 0.0155. The second kappa shape index (κ2) is 9.49. The van der Waals surface area contributed by atoms with Crippen molar-refractivity contribution < 1.29 is 9.53 Å². The number of nitrogens with one attached hydrogen (secondary N) is 1. The number of rotatable bonds is 5. The monoisotopic (exact) mass is 394 g/mol. The summed E-state index contributed by atoms with van der Waals surface area (Å²) in [7, 11) is 0. The van der Waals surface area contributed by atoms with Gasteiger partial charge in [-0.2, -0.15) is 0 Å². The number of carbonyl (C=O) groups is 1. The molecular weight excluding hydrogens is 364 g/mol. The van der Waals surface area contributed by atoms with Crippen LogP contribution >= 0.6 is 23.5 Å². The lowest BCUT2D eigenvalue weighted by molar-refractivity contribution is -0.0778. The molecule has 1 N–H and O–H groups in total. The molecule has 1 aromatic carbocycles. The van der Waals surface area contributed by atoms with Crippen LogP contribution in [0.5, 0.6) is 0 Å². The van der Waals surface area contributed by atoms with Gasteiger partial charge in [0.05, 0.1) is 16.8 Å². The van der Waals surface area contributed by atoms with Gasteiger partial charge in [-0.25, -0.2) is 0 Å². The lowest BCUT2D eigenvalue weighted by Crippen LogP contribution is -2.52. The standard InChI is InChI=1S/C20H30N2O2S2/c1-14(22-12-15(2)24-16(3)13-22)11-21-19(23)17-5-7-18(8-6-17)20-25-9-4-10-26-20/h5-8,14-16,20H,4,9-13H2,1-3H3,(H,21,23). The molecule has 3 atom stereocenters. The van der Waals surface area contributed by atoms with E-state index in [9.17, 15) is 4.79 Å². The van der Waals surface area contributed by atoms with Crippen molar-refractivity contribution in [3.63, 3.8) is 0 Å². The molecule has 2 aliphatic heterocycles. The first-order chi connectivity index (χ1) is 12.5. The van der Waals surface area contributed by atoms with Crippen molar-refractivity contribution in [1.82, 2.24) is 10.2 Å². The van der Waals surface area contributed by atoms with Crippen LogP contribution < -0.4 is 5.32 Å². The number of hydrogen-bond donors (Lipinski definition) is 1. The number of amides is 1. The summed E-state index contributed by atoms with van der Waals surface area (Å²) in [6.45, 7) is 8.90. The molecule has 1 aromatic rings. The van der Waals surface area contributed by atoms with Crippen LogP contribution in [0.15, 0.2) is 24.3 Å². The van der Waals surface area contributed by atoms with Crippen LogP contribution in [0.25, 0.3) is 0 Å². The Morgan fingerprint density at radius 3 is 2.42 bits per heavy atom. The fourth-order valence-electron chi connectivity index (χ4n) is 3.52. The number of morpholine rings is 1.